The van der Waals surface area contributed by atoms with E-state index in [9.17, 15) is 8.42 Å². The van der Waals surface area contributed by atoms with E-state index in [0.29, 0.717) is 13.1 Å². The van der Waals surface area contributed by atoms with Gasteiger partial charge in [0.25, 0.3) is 0 Å². The lowest BCUT2D eigenvalue weighted by molar-refractivity contribution is 0.580. The van der Waals surface area contributed by atoms with Gasteiger partial charge in [0, 0.05) is 13.1 Å². The molecule has 0 aliphatic carbocycles. The Bertz CT molecular complexity index is 247. The highest BCUT2D eigenvalue weighted by atomic mass is 32.2. The van der Waals surface area contributed by atoms with Gasteiger partial charge in [0.05, 0.1) is 5.75 Å². The van der Waals surface area contributed by atoms with Crippen molar-refractivity contribution < 1.29 is 8.42 Å². The lowest BCUT2D eigenvalue weighted by atomic mass is 10.4. The zero-order valence-electron chi connectivity index (χ0n) is 8.26. The summed E-state index contributed by atoms with van der Waals surface area (Å²) in [6.45, 7) is 8.94. The van der Waals surface area contributed by atoms with Crippen molar-refractivity contribution in [1.29, 1.82) is 0 Å². The number of hydrogen-bond acceptors (Lipinski definition) is 3. The minimum Gasteiger partial charge on any atom is -0.316 e. The minimum atomic E-state index is -3.12. The fraction of sp³-hybridized carbons (Fsp3) is 0.750. The first-order valence-corrected chi connectivity index (χ1v) is 5.95. The van der Waals surface area contributed by atoms with Crippen LogP contribution in [0.3, 0.4) is 0 Å². The summed E-state index contributed by atoms with van der Waals surface area (Å²) in [6, 6.07) is 0. The molecule has 0 radical (unpaired) electrons. The first kappa shape index (κ1) is 12.6. The Morgan fingerprint density at radius 3 is 2.54 bits per heavy atom. The van der Waals surface area contributed by atoms with Crippen LogP contribution in [0.15, 0.2) is 12.2 Å². The zero-order valence-corrected chi connectivity index (χ0v) is 9.08. The molecule has 78 valence electrons. The minimum absolute atomic E-state index is 0.119. The molecule has 5 heteroatoms. The van der Waals surface area contributed by atoms with Crippen LogP contribution in [0, 0.1) is 0 Å². The number of hydrogen-bond donors (Lipinski definition) is 2. The molecule has 2 N–H and O–H groups in total. The van der Waals surface area contributed by atoms with E-state index in [-0.39, 0.29) is 5.75 Å². The number of rotatable bonds is 7. The van der Waals surface area contributed by atoms with Crippen LogP contribution in [-0.4, -0.2) is 33.8 Å². The first-order chi connectivity index (χ1) is 5.98. The van der Waals surface area contributed by atoms with Crippen molar-refractivity contribution in [3.8, 4) is 0 Å². The van der Waals surface area contributed by atoms with E-state index in [0.717, 1.165) is 12.1 Å². The Morgan fingerprint density at radius 2 is 2.08 bits per heavy atom. The topological polar surface area (TPSA) is 58.2 Å². The van der Waals surface area contributed by atoms with Crippen molar-refractivity contribution >= 4 is 10.0 Å². The highest BCUT2D eigenvalue weighted by Crippen LogP contribution is 1.87. The van der Waals surface area contributed by atoms with E-state index in [1.54, 1.807) is 6.92 Å². The summed E-state index contributed by atoms with van der Waals surface area (Å²) in [6.07, 6.45) is 0. The molecule has 0 saturated carbocycles. The fourth-order valence-corrected chi connectivity index (χ4v) is 1.71. The van der Waals surface area contributed by atoms with Crippen molar-refractivity contribution in [2.24, 2.45) is 0 Å². The molecule has 0 spiro atoms. The Labute approximate surface area is 80.5 Å². The fourth-order valence-electron chi connectivity index (χ4n) is 0.689. The molecule has 0 aromatic rings. The van der Waals surface area contributed by atoms with E-state index >= 15 is 0 Å². The van der Waals surface area contributed by atoms with Gasteiger partial charge in [-0.1, -0.05) is 19.1 Å². The third kappa shape index (κ3) is 7.95. The van der Waals surface area contributed by atoms with Crippen molar-refractivity contribution in [1.82, 2.24) is 10.0 Å². The average molecular weight is 206 g/mol. The highest BCUT2D eigenvalue weighted by Gasteiger charge is 2.07. The predicted molar refractivity (Wildman–Crippen MR) is 55.1 cm³/mol. The second-order valence-electron chi connectivity index (χ2n) is 2.95. The molecule has 0 unspecified atom stereocenters. The van der Waals surface area contributed by atoms with Gasteiger partial charge < -0.3 is 5.32 Å². The molecular weight excluding hydrogens is 188 g/mol. The van der Waals surface area contributed by atoms with Gasteiger partial charge in [-0.25, -0.2) is 13.1 Å². The normalized spacial score (nSPS) is 11.5. The van der Waals surface area contributed by atoms with Gasteiger partial charge in [-0.2, -0.15) is 0 Å². The average Bonchev–Trinajstić information content (AvgIpc) is 2.02. The van der Waals surface area contributed by atoms with E-state index in [2.05, 4.69) is 16.6 Å². The third-order valence-corrected chi connectivity index (χ3v) is 2.72. The van der Waals surface area contributed by atoms with Gasteiger partial charge in [0.2, 0.25) is 10.0 Å². The summed E-state index contributed by atoms with van der Waals surface area (Å²) in [5.74, 6) is 0.119. The van der Waals surface area contributed by atoms with Crippen LogP contribution >= 0.6 is 0 Å². The van der Waals surface area contributed by atoms with Crippen LogP contribution in [0.1, 0.15) is 13.8 Å². The van der Waals surface area contributed by atoms with E-state index < -0.39 is 10.0 Å². The van der Waals surface area contributed by atoms with Gasteiger partial charge in [-0.15, -0.1) is 0 Å². The highest BCUT2D eigenvalue weighted by molar-refractivity contribution is 7.89. The van der Waals surface area contributed by atoms with Crippen molar-refractivity contribution in [3.63, 3.8) is 0 Å². The molecule has 0 amide bonds. The molecule has 0 aliphatic heterocycles. The monoisotopic (exact) mass is 206 g/mol. The van der Waals surface area contributed by atoms with Gasteiger partial charge >= 0.3 is 0 Å². The van der Waals surface area contributed by atoms with Gasteiger partial charge in [-0.05, 0) is 13.5 Å². The maximum Gasteiger partial charge on any atom is 0.213 e. The van der Waals surface area contributed by atoms with Gasteiger partial charge in [0.15, 0.2) is 0 Å². The molecule has 0 aromatic carbocycles. The molecule has 0 rings (SSSR count). The van der Waals surface area contributed by atoms with Crippen molar-refractivity contribution in [2.45, 2.75) is 13.8 Å². The maximum atomic E-state index is 11.2. The Balaban J connectivity index is 3.74. The maximum absolute atomic E-state index is 11.2. The molecule has 4 nitrogen and oxygen atoms in total. The molecule has 0 aromatic heterocycles. The quantitative estimate of drug-likeness (QED) is 0.458. The molecule has 0 atom stereocenters. The predicted octanol–water partition coefficient (Wildman–Crippen LogP) is 0.0914. The van der Waals surface area contributed by atoms with Gasteiger partial charge in [0.1, 0.15) is 0 Å². The number of sulfonamides is 1. The van der Waals surface area contributed by atoms with E-state index in [1.807, 2.05) is 6.92 Å². The van der Waals surface area contributed by atoms with Gasteiger partial charge in [-0.3, -0.25) is 0 Å². The van der Waals surface area contributed by atoms with Crippen LogP contribution in [0.5, 0.6) is 0 Å². The summed E-state index contributed by atoms with van der Waals surface area (Å²) in [4.78, 5) is 0. The summed E-state index contributed by atoms with van der Waals surface area (Å²) < 4.78 is 24.9. The molecule has 13 heavy (non-hydrogen) atoms. The molecule has 0 bridgehead atoms. The smallest absolute Gasteiger partial charge is 0.213 e. The Kier molecular flexibility index (Phi) is 5.94. The lowest BCUT2D eigenvalue weighted by Gasteiger charge is -2.06. The first-order valence-electron chi connectivity index (χ1n) is 4.30. The number of nitrogens with one attached hydrogen (secondary N) is 2. The van der Waals surface area contributed by atoms with Crippen LogP contribution in [0.25, 0.3) is 0 Å². The molecule has 0 saturated heterocycles. The summed E-state index contributed by atoms with van der Waals surface area (Å²) >= 11 is 0. The van der Waals surface area contributed by atoms with E-state index in [1.165, 1.54) is 0 Å². The molecule has 0 aliphatic rings. The molecule has 0 fully saturated rings. The van der Waals surface area contributed by atoms with Crippen molar-refractivity contribution in [3.05, 3.63) is 12.2 Å². The largest absolute Gasteiger partial charge is 0.316 e. The summed E-state index contributed by atoms with van der Waals surface area (Å²) in [7, 11) is -3.12. The van der Waals surface area contributed by atoms with Crippen LogP contribution in [-0.2, 0) is 10.0 Å². The van der Waals surface area contributed by atoms with E-state index in [4.69, 9.17) is 0 Å². The zero-order chi connectivity index (χ0) is 10.3. The molecular formula is C8H18N2O2S. The van der Waals surface area contributed by atoms with Crippen LogP contribution in [0.4, 0.5) is 0 Å². The van der Waals surface area contributed by atoms with Crippen molar-refractivity contribution in [2.75, 3.05) is 25.4 Å². The second kappa shape index (κ2) is 6.12. The summed E-state index contributed by atoms with van der Waals surface area (Å²) in [5, 5.41) is 2.95. The third-order valence-electron chi connectivity index (χ3n) is 1.39. The standard InChI is InChI=1S/C8H18N2O2S/c1-4-9-5-6-13(11,12)10-7-8(2)3/h9-10H,2,4-7H2,1,3H3. The van der Waals surface area contributed by atoms with Crippen LogP contribution in [0.2, 0.25) is 0 Å². The molecule has 0 heterocycles. The Hall–Kier alpha value is -0.390. The van der Waals surface area contributed by atoms with Crippen LogP contribution < -0.4 is 10.0 Å². The SMILES string of the molecule is C=C(C)CNS(=O)(=O)CCNCC. The summed E-state index contributed by atoms with van der Waals surface area (Å²) in [5.41, 5.74) is 0.812. The second-order valence-corrected chi connectivity index (χ2v) is 4.88. The Morgan fingerprint density at radius 1 is 1.46 bits per heavy atom. The lowest BCUT2D eigenvalue weighted by Crippen LogP contribution is -2.32.